The fraction of sp³-hybridized carbons (Fsp3) is 0.333. The molecule has 0 fully saturated rings. The van der Waals surface area contributed by atoms with Gasteiger partial charge in [0.15, 0.2) is 5.82 Å². The van der Waals surface area contributed by atoms with Crippen LogP contribution in [0.25, 0.3) is 0 Å². The van der Waals surface area contributed by atoms with Crippen molar-refractivity contribution in [3.05, 3.63) is 62.8 Å². The largest absolute Gasteiger partial charge is 0.480 e. The number of methoxy groups -OCH3 is 1. The van der Waals surface area contributed by atoms with E-state index in [4.69, 9.17) is 16.3 Å². The number of ether oxygens (including phenoxy) is 1. The number of likely N-dealkylation sites (N-methyl/N-ethyl adjacent to an activating group) is 1. The average Bonchev–Trinajstić information content (AvgIpc) is 2.76. The summed E-state index contributed by atoms with van der Waals surface area (Å²) in [7, 11) is 5.38. The average molecular weight is 442 g/mol. The molecule has 162 valence electrons. The van der Waals surface area contributed by atoms with E-state index in [1.54, 1.807) is 26.4 Å². The van der Waals surface area contributed by atoms with Crippen LogP contribution in [0.5, 0.6) is 5.88 Å². The van der Waals surface area contributed by atoms with Gasteiger partial charge in [-0.25, -0.2) is 9.97 Å². The van der Waals surface area contributed by atoms with Gasteiger partial charge in [-0.3, -0.25) is 4.79 Å². The van der Waals surface area contributed by atoms with E-state index in [9.17, 15) is 4.79 Å². The van der Waals surface area contributed by atoms with Crippen LogP contribution in [-0.4, -0.2) is 45.1 Å². The molecule has 2 N–H and O–H groups in total. The number of rotatable bonds is 6. The summed E-state index contributed by atoms with van der Waals surface area (Å²) in [5, 5.41) is 6.66. The summed E-state index contributed by atoms with van der Waals surface area (Å²) < 4.78 is 7.00. The molecule has 10 heteroatoms. The summed E-state index contributed by atoms with van der Waals surface area (Å²) in [5.41, 5.74) is 3.41. The van der Waals surface area contributed by atoms with Crippen LogP contribution >= 0.6 is 11.6 Å². The standard InChI is InChI=1S/C21H24ClN7O2/c1-28-8-6-16-14(12-28)9-17(19(25-16)31-3)26-21-24-11-15(22)18(27-21)23-10-13-5-4-7-29(2)20(13)30/h4-5,7,9,11H,6,8,10,12H2,1-3H3,(H2,23,24,26,27). The summed E-state index contributed by atoms with van der Waals surface area (Å²) in [6.07, 6.45) is 4.10. The van der Waals surface area contributed by atoms with Crippen molar-refractivity contribution in [3.63, 3.8) is 0 Å². The first-order valence-electron chi connectivity index (χ1n) is 9.88. The molecule has 1 aliphatic heterocycles. The first-order valence-corrected chi connectivity index (χ1v) is 10.3. The van der Waals surface area contributed by atoms with Gasteiger partial charge in [-0.1, -0.05) is 17.7 Å². The third-order valence-corrected chi connectivity index (χ3v) is 5.44. The second-order valence-corrected chi connectivity index (χ2v) is 7.86. The van der Waals surface area contributed by atoms with Gasteiger partial charge in [-0.05, 0) is 24.7 Å². The minimum absolute atomic E-state index is 0.0756. The van der Waals surface area contributed by atoms with Crippen LogP contribution in [0.15, 0.2) is 35.4 Å². The Bertz CT molecular complexity index is 1160. The number of nitrogens with one attached hydrogen (secondary N) is 2. The molecule has 9 nitrogen and oxygen atoms in total. The zero-order chi connectivity index (χ0) is 22.0. The highest BCUT2D eigenvalue weighted by molar-refractivity contribution is 6.32. The SMILES string of the molecule is COc1nc2c(cc1Nc1ncc(Cl)c(NCc3cccn(C)c3=O)n1)CN(C)CC2. The second-order valence-electron chi connectivity index (χ2n) is 7.46. The highest BCUT2D eigenvalue weighted by Crippen LogP contribution is 2.30. The van der Waals surface area contributed by atoms with Crippen LogP contribution in [-0.2, 0) is 26.6 Å². The molecular weight excluding hydrogens is 418 g/mol. The number of hydrogen-bond donors (Lipinski definition) is 2. The van der Waals surface area contributed by atoms with E-state index in [0.29, 0.717) is 40.5 Å². The minimum atomic E-state index is -0.0756. The molecule has 4 rings (SSSR count). The third-order valence-electron chi connectivity index (χ3n) is 5.16. The minimum Gasteiger partial charge on any atom is -0.480 e. The molecule has 0 radical (unpaired) electrons. The Hall–Kier alpha value is -3.17. The van der Waals surface area contributed by atoms with E-state index in [-0.39, 0.29) is 5.56 Å². The van der Waals surface area contributed by atoms with Crippen LogP contribution in [0.4, 0.5) is 17.5 Å². The Kier molecular flexibility index (Phi) is 6.06. The molecule has 3 aromatic rings. The summed E-state index contributed by atoms with van der Waals surface area (Å²) in [4.78, 5) is 27.8. The molecule has 0 spiro atoms. The van der Waals surface area contributed by atoms with Gasteiger partial charge in [-0.15, -0.1) is 0 Å². The van der Waals surface area contributed by atoms with Gasteiger partial charge >= 0.3 is 0 Å². The van der Waals surface area contributed by atoms with Gasteiger partial charge in [0.1, 0.15) is 10.7 Å². The van der Waals surface area contributed by atoms with Crippen molar-refractivity contribution in [2.45, 2.75) is 19.5 Å². The maximum absolute atomic E-state index is 12.2. The van der Waals surface area contributed by atoms with Crippen molar-refractivity contribution in [1.82, 2.24) is 24.4 Å². The number of anilines is 3. The van der Waals surface area contributed by atoms with Crippen molar-refractivity contribution in [2.75, 3.05) is 31.3 Å². The lowest BCUT2D eigenvalue weighted by Crippen LogP contribution is -2.27. The lowest BCUT2D eigenvalue weighted by molar-refractivity contribution is 0.307. The molecule has 0 atom stereocenters. The predicted molar refractivity (Wildman–Crippen MR) is 120 cm³/mol. The number of aromatic nitrogens is 4. The zero-order valence-corrected chi connectivity index (χ0v) is 18.4. The maximum atomic E-state index is 12.2. The highest BCUT2D eigenvalue weighted by Gasteiger charge is 2.19. The lowest BCUT2D eigenvalue weighted by Gasteiger charge is -2.25. The molecule has 0 unspecified atom stereocenters. The Labute approximate surface area is 185 Å². The fourth-order valence-electron chi connectivity index (χ4n) is 3.48. The number of fused-ring (bicyclic) bond motifs is 1. The molecule has 1 aliphatic rings. The smallest absolute Gasteiger partial charge is 0.255 e. The van der Waals surface area contributed by atoms with E-state index >= 15 is 0 Å². The monoisotopic (exact) mass is 441 g/mol. The lowest BCUT2D eigenvalue weighted by atomic mass is 10.1. The van der Waals surface area contributed by atoms with E-state index in [2.05, 4.69) is 37.5 Å². The van der Waals surface area contributed by atoms with E-state index < -0.39 is 0 Å². The summed E-state index contributed by atoms with van der Waals surface area (Å²) in [5.74, 6) is 1.26. The van der Waals surface area contributed by atoms with E-state index in [1.807, 2.05) is 12.1 Å². The van der Waals surface area contributed by atoms with E-state index in [0.717, 1.165) is 30.8 Å². The molecule has 0 saturated heterocycles. The molecule has 0 aromatic carbocycles. The summed E-state index contributed by atoms with van der Waals surface area (Å²) in [6.45, 7) is 2.08. The quantitative estimate of drug-likeness (QED) is 0.602. The Morgan fingerprint density at radius 3 is 2.94 bits per heavy atom. The van der Waals surface area contributed by atoms with Crippen molar-refractivity contribution in [2.24, 2.45) is 7.05 Å². The summed E-state index contributed by atoms with van der Waals surface area (Å²) in [6, 6.07) is 5.61. The van der Waals surface area contributed by atoms with Gasteiger partial charge in [-0.2, -0.15) is 4.98 Å². The Morgan fingerprint density at radius 1 is 1.29 bits per heavy atom. The zero-order valence-electron chi connectivity index (χ0n) is 17.6. The number of nitrogens with zero attached hydrogens (tertiary/aromatic N) is 5. The van der Waals surface area contributed by atoms with Gasteiger partial charge < -0.3 is 24.8 Å². The molecule has 3 aromatic heterocycles. The fourth-order valence-corrected chi connectivity index (χ4v) is 3.64. The molecule has 0 bridgehead atoms. The Balaban J connectivity index is 1.57. The third kappa shape index (κ3) is 4.62. The van der Waals surface area contributed by atoms with Gasteiger partial charge in [0.25, 0.3) is 5.56 Å². The van der Waals surface area contributed by atoms with Crippen molar-refractivity contribution >= 4 is 29.1 Å². The number of aryl methyl sites for hydroxylation is 1. The van der Waals surface area contributed by atoms with Crippen LogP contribution in [0.3, 0.4) is 0 Å². The number of halogens is 1. The van der Waals surface area contributed by atoms with E-state index in [1.165, 1.54) is 10.8 Å². The molecule has 0 aliphatic carbocycles. The van der Waals surface area contributed by atoms with Gasteiger partial charge in [0, 0.05) is 44.9 Å². The molecule has 31 heavy (non-hydrogen) atoms. The normalized spacial score (nSPS) is 13.5. The molecule has 0 saturated carbocycles. The van der Waals surface area contributed by atoms with Crippen molar-refractivity contribution in [1.29, 1.82) is 0 Å². The number of hydrogen-bond acceptors (Lipinski definition) is 8. The van der Waals surface area contributed by atoms with Crippen LogP contribution in [0, 0.1) is 0 Å². The summed E-state index contributed by atoms with van der Waals surface area (Å²) >= 11 is 6.26. The highest BCUT2D eigenvalue weighted by atomic mass is 35.5. The second kappa shape index (κ2) is 8.91. The molecule has 0 amide bonds. The topological polar surface area (TPSA) is 97.2 Å². The first kappa shape index (κ1) is 21.1. The van der Waals surface area contributed by atoms with Crippen LogP contribution in [0.1, 0.15) is 16.8 Å². The van der Waals surface area contributed by atoms with Gasteiger partial charge in [0.05, 0.1) is 19.0 Å². The number of pyridine rings is 2. The van der Waals surface area contributed by atoms with Crippen molar-refractivity contribution < 1.29 is 4.74 Å². The molecule has 4 heterocycles. The maximum Gasteiger partial charge on any atom is 0.255 e. The van der Waals surface area contributed by atoms with Crippen LogP contribution < -0.4 is 20.9 Å². The Morgan fingerprint density at radius 2 is 2.13 bits per heavy atom. The predicted octanol–water partition coefficient (Wildman–Crippen LogP) is 2.58. The first-order chi connectivity index (χ1) is 14.9. The van der Waals surface area contributed by atoms with Gasteiger partial charge in [0.2, 0.25) is 11.8 Å². The molecular formula is C21H24ClN7O2. The van der Waals surface area contributed by atoms with Crippen molar-refractivity contribution in [3.8, 4) is 5.88 Å². The van der Waals surface area contributed by atoms with Crippen LogP contribution in [0.2, 0.25) is 5.02 Å².